The fraction of sp³-hybridized carbons (Fsp3) is 0.412. The second kappa shape index (κ2) is 7.13. The van der Waals surface area contributed by atoms with Crippen LogP contribution in [0.25, 0.3) is 0 Å². The highest BCUT2D eigenvalue weighted by atomic mass is 35.5. The van der Waals surface area contributed by atoms with Gasteiger partial charge in [-0.1, -0.05) is 11.6 Å². The van der Waals surface area contributed by atoms with Crippen LogP contribution >= 0.6 is 11.6 Å². The number of rotatable bonds is 3. The van der Waals surface area contributed by atoms with E-state index in [0.29, 0.717) is 17.3 Å². The first-order valence-electron chi connectivity index (χ1n) is 8.06. The molecule has 128 valence electrons. The topological polar surface area (TPSA) is 64.3 Å². The number of piperidine rings is 1. The van der Waals surface area contributed by atoms with Gasteiger partial charge in [-0.3, -0.25) is 0 Å². The van der Waals surface area contributed by atoms with Crippen LogP contribution in [0.3, 0.4) is 0 Å². The molecule has 1 atom stereocenters. The molecule has 1 aliphatic heterocycles. The second-order valence-corrected chi connectivity index (χ2v) is 6.66. The molecule has 7 heteroatoms. The molecule has 6 nitrogen and oxygen atoms in total. The van der Waals surface area contributed by atoms with E-state index in [2.05, 4.69) is 15.3 Å². The van der Waals surface area contributed by atoms with Gasteiger partial charge in [0.25, 0.3) is 0 Å². The smallest absolute Gasteiger partial charge is 0.321 e. The van der Waals surface area contributed by atoms with E-state index in [4.69, 9.17) is 11.6 Å². The number of halogens is 1. The monoisotopic (exact) mass is 347 g/mol. The summed E-state index contributed by atoms with van der Waals surface area (Å²) in [6.07, 6.45) is 5.59. The third kappa shape index (κ3) is 3.64. The molecular weight excluding hydrogens is 326 g/mol. The van der Waals surface area contributed by atoms with Crippen molar-refractivity contribution in [1.82, 2.24) is 14.9 Å². The van der Waals surface area contributed by atoms with Crippen molar-refractivity contribution in [1.29, 1.82) is 0 Å². The number of carbonyl (C=O) groups excluding carboxylic acids is 1. The Morgan fingerprint density at radius 3 is 2.96 bits per heavy atom. The average molecular weight is 348 g/mol. The largest absolute Gasteiger partial charge is 0.376 e. The Bertz CT molecular complexity index is 701. The van der Waals surface area contributed by atoms with E-state index in [1.807, 2.05) is 42.2 Å². The molecule has 1 aromatic heterocycles. The van der Waals surface area contributed by atoms with E-state index in [9.17, 15) is 4.79 Å². The van der Waals surface area contributed by atoms with Gasteiger partial charge in [0.1, 0.15) is 5.82 Å². The third-order valence-electron chi connectivity index (χ3n) is 4.30. The molecule has 1 saturated heterocycles. The van der Waals surface area contributed by atoms with Crippen molar-refractivity contribution >= 4 is 29.0 Å². The lowest BCUT2D eigenvalue weighted by Crippen LogP contribution is -2.41. The Balaban J connectivity index is 1.65. The van der Waals surface area contributed by atoms with Crippen LogP contribution in [0.2, 0.25) is 5.02 Å². The molecule has 0 saturated carbocycles. The Morgan fingerprint density at radius 1 is 1.46 bits per heavy atom. The number of amides is 2. The predicted molar refractivity (Wildman–Crippen MR) is 96.9 cm³/mol. The minimum Gasteiger partial charge on any atom is -0.376 e. The normalized spacial score (nSPS) is 17.6. The predicted octanol–water partition coefficient (Wildman–Crippen LogP) is 3.54. The zero-order valence-electron chi connectivity index (χ0n) is 13.9. The minimum absolute atomic E-state index is 0.0973. The molecule has 0 unspecified atom stereocenters. The summed E-state index contributed by atoms with van der Waals surface area (Å²) < 4.78 is 0. The number of benzene rings is 1. The van der Waals surface area contributed by atoms with Crippen molar-refractivity contribution in [2.45, 2.75) is 18.8 Å². The van der Waals surface area contributed by atoms with Crippen molar-refractivity contribution in [3.63, 3.8) is 0 Å². The van der Waals surface area contributed by atoms with E-state index in [1.54, 1.807) is 12.3 Å². The van der Waals surface area contributed by atoms with E-state index >= 15 is 0 Å². The number of nitrogens with one attached hydrogen (secondary N) is 2. The molecule has 2 amide bonds. The highest BCUT2D eigenvalue weighted by Gasteiger charge is 2.26. The van der Waals surface area contributed by atoms with Crippen molar-refractivity contribution < 1.29 is 4.79 Å². The number of nitrogens with zero attached hydrogens (tertiary/aromatic N) is 3. The van der Waals surface area contributed by atoms with Crippen molar-refractivity contribution in [3.05, 3.63) is 41.4 Å². The standard InChI is InChI=1S/C17H22ClN5O/c1-22(2)15-6-5-13(10-14(15)18)21-17(24)23-9-3-4-12(11-23)16-19-7-8-20-16/h5-8,10,12H,3-4,9,11H2,1-2H3,(H,19,20)(H,21,24)/t12-/m0/s1. The van der Waals surface area contributed by atoms with Crippen molar-refractivity contribution in [2.75, 3.05) is 37.4 Å². The summed E-state index contributed by atoms with van der Waals surface area (Å²) >= 11 is 6.27. The van der Waals surface area contributed by atoms with Crippen LogP contribution in [0.5, 0.6) is 0 Å². The van der Waals surface area contributed by atoms with Crippen molar-refractivity contribution in [3.8, 4) is 0 Å². The molecule has 3 rings (SSSR count). The lowest BCUT2D eigenvalue weighted by Gasteiger charge is -2.32. The first-order chi connectivity index (χ1) is 11.5. The highest BCUT2D eigenvalue weighted by molar-refractivity contribution is 6.33. The molecule has 0 radical (unpaired) electrons. The molecule has 2 aromatic rings. The van der Waals surface area contributed by atoms with Crippen LogP contribution in [-0.2, 0) is 0 Å². The molecule has 2 N–H and O–H groups in total. The number of carbonyl (C=O) groups is 1. The quantitative estimate of drug-likeness (QED) is 0.892. The number of imidazole rings is 1. The zero-order chi connectivity index (χ0) is 17.1. The summed E-state index contributed by atoms with van der Waals surface area (Å²) in [5.41, 5.74) is 1.63. The van der Waals surface area contributed by atoms with Crippen molar-refractivity contribution in [2.24, 2.45) is 0 Å². The van der Waals surface area contributed by atoms with Crippen LogP contribution in [0, 0.1) is 0 Å². The maximum absolute atomic E-state index is 12.5. The van der Waals surface area contributed by atoms with Gasteiger partial charge in [0.15, 0.2) is 0 Å². The van der Waals surface area contributed by atoms with Crippen LogP contribution in [-0.4, -0.2) is 48.1 Å². The fourth-order valence-corrected chi connectivity index (χ4v) is 3.38. The van der Waals surface area contributed by atoms with Crippen LogP contribution in [0.15, 0.2) is 30.6 Å². The third-order valence-corrected chi connectivity index (χ3v) is 4.60. The van der Waals surface area contributed by atoms with Gasteiger partial charge in [-0.2, -0.15) is 0 Å². The van der Waals surface area contributed by atoms with E-state index in [1.165, 1.54) is 0 Å². The average Bonchev–Trinajstić information content (AvgIpc) is 3.09. The molecule has 24 heavy (non-hydrogen) atoms. The van der Waals surface area contributed by atoms with Crippen LogP contribution < -0.4 is 10.2 Å². The van der Waals surface area contributed by atoms with E-state index < -0.39 is 0 Å². The Labute approximate surface area is 146 Å². The minimum atomic E-state index is -0.0973. The number of H-pyrrole nitrogens is 1. The van der Waals surface area contributed by atoms with Gasteiger partial charge in [-0.25, -0.2) is 9.78 Å². The van der Waals surface area contributed by atoms with Gasteiger partial charge in [-0.05, 0) is 31.0 Å². The SMILES string of the molecule is CN(C)c1ccc(NC(=O)N2CCC[C@H](c3ncc[nH]3)C2)cc1Cl. The molecule has 1 aromatic carbocycles. The summed E-state index contributed by atoms with van der Waals surface area (Å²) in [5.74, 6) is 1.21. The van der Waals surface area contributed by atoms with E-state index in [-0.39, 0.29) is 11.9 Å². The number of anilines is 2. The molecular formula is C17H22ClN5O. The van der Waals surface area contributed by atoms with Gasteiger partial charge in [0.05, 0.1) is 10.7 Å². The summed E-state index contributed by atoms with van der Waals surface area (Å²) in [6.45, 7) is 1.43. The lowest BCUT2D eigenvalue weighted by molar-refractivity contribution is 0.191. The van der Waals surface area contributed by atoms with Gasteiger partial charge in [0, 0.05) is 51.2 Å². The molecule has 0 bridgehead atoms. The van der Waals surface area contributed by atoms with Gasteiger partial charge in [-0.15, -0.1) is 0 Å². The number of aromatic nitrogens is 2. The Morgan fingerprint density at radius 2 is 2.29 bits per heavy atom. The molecule has 2 heterocycles. The Kier molecular flexibility index (Phi) is 4.94. The van der Waals surface area contributed by atoms with Crippen LogP contribution in [0.4, 0.5) is 16.2 Å². The summed E-state index contributed by atoms with van der Waals surface area (Å²) in [7, 11) is 3.87. The highest BCUT2D eigenvalue weighted by Crippen LogP contribution is 2.28. The van der Waals surface area contributed by atoms with E-state index in [0.717, 1.165) is 30.9 Å². The molecule has 1 aliphatic rings. The van der Waals surface area contributed by atoms with Gasteiger partial charge >= 0.3 is 6.03 Å². The van der Waals surface area contributed by atoms with Gasteiger partial charge in [0.2, 0.25) is 0 Å². The van der Waals surface area contributed by atoms with Crippen LogP contribution in [0.1, 0.15) is 24.6 Å². The number of hydrogen-bond acceptors (Lipinski definition) is 3. The summed E-state index contributed by atoms with van der Waals surface area (Å²) in [6, 6.07) is 5.45. The first-order valence-corrected chi connectivity index (χ1v) is 8.44. The first kappa shape index (κ1) is 16.6. The zero-order valence-corrected chi connectivity index (χ0v) is 14.7. The number of likely N-dealkylation sites (tertiary alicyclic amines) is 1. The fourth-order valence-electron chi connectivity index (χ4n) is 3.04. The summed E-state index contributed by atoms with van der Waals surface area (Å²) in [5, 5.41) is 3.55. The lowest BCUT2D eigenvalue weighted by atomic mass is 9.98. The Hall–Kier alpha value is -2.21. The maximum atomic E-state index is 12.5. The molecule has 0 spiro atoms. The summed E-state index contributed by atoms with van der Waals surface area (Å²) in [4.78, 5) is 23.8. The van der Waals surface area contributed by atoms with Gasteiger partial charge < -0.3 is 20.1 Å². The maximum Gasteiger partial charge on any atom is 0.321 e. The molecule has 0 aliphatic carbocycles. The molecule has 1 fully saturated rings. The number of hydrogen-bond donors (Lipinski definition) is 2. The number of aromatic amines is 1. The number of urea groups is 1. The second-order valence-electron chi connectivity index (χ2n) is 6.25.